The van der Waals surface area contributed by atoms with Crippen LogP contribution in [0.2, 0.25) is 0 Å². The van der Waals surface area contributed by atoms with Crippen molar-refractivity contribution in [2.75, 3.05) is 6.54 Å². The molecule has 1 N–H and O–H groups in total. The molecule has 0 aliphatic carbocycles. The molecule has 2 aromatic heterocycles. The Bertz CT molecular complexity index is 523. The van der Waals surface area contributed by atoms with Crippen molar-refractivity contribution < 1.29 is 0 Å². The number of aryl methyl sites for hydroxylation is 3. The van der Waals surface area contributed by atoms with Gasteiger partial charge >= 0.3 is 0 Å². The van der Waals surface area contributed by atoms with Crippen LogP contribution in [-0.2, 0) is 12.8 Å². The number of nitrogens with zero attached hydrogens (tertiary/aromatic N) is 1. The minimum atomic E-state index is 0.373. The highest BCUT2D eigenvalue weighted by atomic mass is 32.1. The molecule has 20 heavy (non-hydrogen) atoms. The van der Waals surface area contributed by atoms with E-state index in [9.17, 15) is 0 Å². The molecule has 2 rings (SSSR count). The zero-order valence-electron chi connectivity index (χ0n) is 12.9. The maximum absolute atomic E-state index is 4.59. The number of aromatic nitrogens is 1. The molecule has 2 nitrogen and oxygen atoms in total. The maximum atomic E-state index is 4.59. The highest BCUT2D eigenvalue weighted by Gasteiger charge is 2.15. The lowest BCUT2D eigenvalue weighted by molar-refractivity contribution is 0.552. The van der Waals surface area contributed by atoms with Crippen LogP contribution in [0.4, 0.5) is 0 Å². The van der Waals surface area contributed by atoms with E-state index in [2.05, 4.69) is 56.2 Å². The van der Waals surface area contributed by atoms with Gasteiger partial charge in [-0.2, -0.15) is 0 Å². The van der Waals surface area contributed by atoms with Gasteiger partial charge in [-0.15, -0.1) is 11.3 Å². The van der Waals surface area contributed by atoms with E-state index in [4.69, 9.17) is 0 Å². The topological polar surface area (TPSA) is 24.9 Å². The lowest BCUT2D eigenvalue weighted by atomic mass is 10.1. The number of rotatable bonds is 6. The van der Waals surface area contributed by atoms with Gasteiger partial charge in [0.1, 0.15) is 0 Å². The predicted octanol–water partition coefficient (Wildman–Crippen LogP) is 4.22. The van der Waals surface area contributed by atoms with E-state index in [1.165, 1.54) is 20.9 Å². The fraction of sp³-hybridized carbons (Fsp3) is 0.471. The molecule has 0 amide bonds. The molecule has 108 valence electrons. The Morgan fingerprint density at radius 3 is 2.55 bits per heavy atom. The Morgan fingerprint density at radius 2 is 2.05 bits per heavy atom. The van der Waals surface area contributed by atoms with Crippen LogP contribution in [0.25, 0.3) is 0 Å². The first-order chi connectivity index (χ1) is 9.63. The van der Waals surface area contributed by atoms with Crippen molar-refractivity contribution in [1.29, 1.82) is 0 Å². The number of likely N-dealkylation sites (N-methyl/N-ethyl adjacent to an activating group) is 1. The van der Waals surface area contributed by atoms with Gasteiger partial charge in [-0.25, -0.2) is 0 Å². The third-order valence-electron chi connectivity index (χ3n) is 3.69. The first kappa shape index (κ1) is 15.2. The molecule has 1 atom stereocenters. The summed E-state index contributed by atoms with van der Waals surface area (Å²) >= 11 is 1.90. The van der Waals surface area contributed by atoms with E-state index in [1.807, 2.05) is 17.5 Å². The molecular weight excluding hydrogens is 264 g/mol. The van der Waals surface area contributed by atoms with Crippen LogP contribution >= 0.6 is 11.3 Å². The predicted molar refractivity (Wildman–Crippen MR) is 87.5 cm³/mol. The summed E-state index contributed by atoms with van der Waals surface area (Å²) in [6, 6.07) is 7.04. The Labute approximate surface area is 126 Å². The van der Waals surface area contributed by atoms with Crippen molar-refractivity contribution in [3.63, 3.8) is 0 Å². The molecule has 0 aromatic carbocycles. The fourth-order valence-electron chi connectivity index (χ4n) is 2.29. The van der Waals surface area contributed by atoms with E-state index in [1.54, 1.807) is 0 Å². The van der Waals surface area contributed by atoms with Gasteiger partial charge in [0.15, 0.2) is 0 Å². The minimum absolute atomic E-state index is 0.373. The Morgan fingerprint density at radius 1 is 1.25 bits per heavy atom. The van der Waals surface area contributed by atoms with Crippen LogP contribution in [0.3, 0.4) is 0 Å². The van der Waals surface area contributed by atoms with Crippen LogP contribution in [0, 0.1) is 13.8 Å². The smallest absolute Gasteiger partial charge is 0.0470 e. The van der Waals surface area contributed by atoms with Crippen LogP contribution in [0.5, 0.6) is 0 Å². The van der Waals surface area contributed by atoms with Gasteiger partial charge in [0.05, 0.1) is 0 Å². The molecule has 0 saturated carbocycles. The van der Waals surface area contributed by atoms with E-state index in [-0.39, 0.29) is 0 Å². The molecule has 3 heteroatoms. The highest BCUT2D eigenvalue weighted by molar-refractivity contribution is 7.12. The molecule has 0 fully saturated rings. The van der Waals surface area contributed by atoms with E-state index >= 15 is 0 Å². The van der Waals surface area contributed by atoms with Crippen LogP contribution in [0.1, 0.15) is 46.5 Å². The zero-order chi connectivity index (χ0) is 14.5. The van der Waals surface area contributed by atoms with Gasteiger partial charge in [-0.05, 0) is 50.1 Å². The van der Waals surface area contributed by atoms with Gasteiger partial charge in [-0.1, -0.05) is 19.9 Å². The van der Waals surface area contributed by atoms with E-state index in [0.29, 0.717) is 6.04 Å². The summed E-state index contributed by atoms with van der Waals surface area (Å²) in [6.07, 6.45) is 4.01. The van der Waals surface area contributed by atoms with Crippen molar-refractivity contribution in [2.24, 2.45) is 0 Å². The molecule has 0 bridgehead atoms. The number of hydrogen-bond donors (Lipinski definition) is 1. The third-order valence-corrected chi connectivity index (χ3v) is 4.95. The summed E-state index contributed by atoms with van der Waals surface area (Å²) in [6.45, 7) is 9.68. The SMILES string of the molecule is CCNC(Cc1ccc(CC)cn1)c1cc(C)c(C)s1. The summed E-state index contributed by atoms with van der Waals surface area (Å²) in [5.74, 6) is 0. The molecular formula is C17H24N2S. The van der Waals surface area contributed by atoms with Gasteiger partial charge in [0.25, 0.3) is 0 Å². The maximum Gasteiger partial charge on any atom is 0.0470 e. The second-order valence-corrected chi connectivity index (χ2v) is 6.50. The van der Waals surface area contributed by atoms with Gasteiger partial charge in [-0.3, -0.25) is 4.98 Å². The summed E-state index contributed by atoms with van der Waals surface area (Å²) < 4.78 is 0. The lowest BCUT2D eigenvalue weighted by Crippen LogP contribution is -2.22. The molecule has 0 radical (unpaired) electrons. The van der Waals surface area contributed by atoms with Gasteiger partial charge < -0.3 is 5.32 Å². The van der Waals surface area contributed by atoms with Crippen LogP contribution < -0.4 is 5.32 Å². The van der Waals surface area contributed by atoms with Crippen molar-refractivity contribution in [3.8, 4) is 0 Å². The number of pyridine rings is 1. The zero-order valence-corrected chi connectivity index (χ0v) is 13.7. The third kappa shape index (κ3) is 3.68. The van der Waals surface area contributed by atoms with Crippen LogP contribution in [0.15, 0.2) is 24.4 Å². The van der Waals surface area contributed by atoms with Crippen molar-refractivity contribution >= 4 is 11.3 Å². The highest BCUT2D eigenvalue weighted by Crippen LogP contribution is 2.28. The van der Waals surface area contributed by atoms with Gasteiger partial charge in [0, 0.05) is 34.1 Å². The second-order valence-electron chi connectivity index (χ2n) is 5.21. The quantitative estimate of drug-likeness (QED) is 0.861. The molecule has 0 aliphatic rings. The van der Waals surface area contributed by atoms with Crippen molar-refractivity contribution in [2.45, 2.75) is 46.6 Å². The Balaban J connectivity index is 2.15. The second kappa shape index (κ2) is 7.00. The Kier molecular flexibility index (Phi) is 5.32. The summed E-state index contributed by atoms with van der Waals surface area (Å²) in [4.78, 5) is 7.42. The molecule has 0 aliphatic heterocycles. The standard InChI is InChI=1S/C17H24N2S/c1-5-14-7-8-15(19-11-14)10-16(18-6-2)17-9-12(3)13(4)20-17/h7-9,11,16,18H,5-6,10H2,1-4H3. The summed E-state index contributed by atoms with van der Waals surface area (Å²) in [7, 11) is 0. The largest absolute Gasteiger partial charge is 0.309 e. The fourth-order valence-corrected chi connectivity index (χ4v) is 3.41. The van der Waals surface area contributed by atoms with Crippen LogP contribution in [-0.4, -0.2) is 11.5 Å². The monoisotopic (exact) mass is 288 g/mol. The minimum Gasteiger partial charge on any atom is -0.309 e. The summed E-state index contributed by atoms with van der Waals surface area (Å²) in [5.41, 5.74) is 3.86. The number of hydrogen-bond acceptors (Lipinski definition) is 3. The molecule has 1 unspecified atom stereocenters. The molecule has 0 saturated heterocycles. The molecule has 2 heterocycles. The van der Waals surface area contributed by atoms with Crippen molar-refractivity contribution in [3.05, 3.63) is 51.0 Å². The van der Waals surface area contributed by atoms with Gasteiger partial charge in [0.2, 0.25) is 0 Å². The van der Waals surface area contributed by atoms with E-state index in [0.717, 1.165) is 25.1 Å². The Hall–Kier alpha value is -1.19. The van der Waals surface area contributed by atoms with E-state index < -0.39 is 0 Å². The number of thiophene rings is 1. The lowest BCUT2D eigenvalue weighted by Gasteiger charge is -2.16. The molecule has 0 spiro atoms. The average Bonchev–Trinajstić information content (AvgIpc) is 2.79. The first-order valence-corrected chi connectivity index (χ1v) is 8.19. The summed E-state index contributed by atoms with van der Waals surface area (Å²) in [5, 5.41) is 3.59. The number of nitrogens with one attached hydrogen (secondary N) is 1. The first-order valence-electron chi connectivity index (χ1n) is 7.38. The molecule has 2 aromatic rings. The normalized spacial score (nSPS) is 12.6. The average molecular weight is 288 g/mol. The van der Waals surface area contributed by atoms with Crippen molar-refractivity contribution in [1.82, 2.24) is 10.3 Å².